The van der Waals surface area contributed by atoms with E-state index in [-0.39, 0.29) is 12.5 Å². The first-order valence-corrected chi connectivity index (χ1v) is 8.60. The van der Waals surface area contributed by atoms with Gasteiger partial charge in [-0.05, 0) is 30.2 Å². The molecule has 0 radical (unpaired) electrons. The first-order chi connectivity index (χ1) is 9.69. The number of amides is 1. The average Bonchev–Trinajstić information content (AvgIpc) is 2.36. The second kappa shape index (κ2) is 7.59. The van der Waals surface area contributed by atoms with Crippen LogP contribution in [0.1, 0.15) is 12.5 Å². The molecule has 116 valence electrons. The van der Waals surface area contributed by atoms with Crippen molar-refractivity contribution in [3.8, 4) is 0 Å². The van der Waals surface area contributed by atoms with Crippen LogP contribution < -0.4 is 4.72 Å². The van der Waals surface area contributed by atoms with Gasteiger partial charge < -0.3 is 4.90 Å². The van der Waals surface area contributed by atoms with Crippen molar-refractivity contribution in [3.05, 3.63) is 40.9 Å². The van der Waals surface area contributed by atoms with Crippen molar-refractivity contribution in [3.63, 3.8) is 0 Å². The van der Waals surface area contributed by atoms with Crippen LogP contribution in [0.15, 0.2) is 30.3 Å². The minimum absolute atomic E-state index is 0.186. The van der Waals surface area contributed by atoms with E-state index in [9.17, 15) is 13.2 Å². The largest absolute Gasteiger partial charge is 0.341 e. The van der Waals surface area contributed by atoms with E-state index >= 15 is 0 Å². The van der Waals surface area contributed by atoms with Crippen molar-refractivity contribution in [2.24, 2.45) is 0 Å². The highest BCUT2D eigenvalue weighted by molar-refractivity contribution is 7.88. The summed E-state index contributed by atoms with van der Waals surface area (Å²) in [5, 5.41) is 0.610. The molecule has 0 spiro atoms. The number of nitrogens with one attached hydrogen (secondary N) is 1. The molecule has 5 nitrogen and oxygen atoms in total. The first-order valence-electron chi connectivity index (χ1n) is 6.33. The van der Waals surface area contributed by atoms with E-state index in [1.54, 1.807) is 19.2 Å². The lowest BCUT2D eigenvalue weighted by Gasteiger charge is -2.15. The Morgan fingerprint density at radius 1 is 1.43 bits per heavy atom. The molecule has 0 fully saturated rings. The van der Waals surface area contributed by atoms with Gasteiger partial charge >= 0.3 is 0 Å². The molecule has 0 aliphatic heterocycles. The molecule has 1 aromatic rings. The Balaban J connectivity index is 2.64. The van der Waals surface area contributed by atoms with Gasteiger partial charge in [0.25, 0.3) is 0 Å². The van der Waals surface area contributed by atoms with E-state index < -0.39 is 10.0 Å². The summed E-state index contributed by atoms with van der Waals surface area (Å²) in [5.41, 5.74) is 1.67. The van der Waals surface area contributed by atoms with Crippen LogP contribution in [-0.2, 0) is 14.8 Å². The van der Waals surface area contributed by atoms with Gasteiger partial charge in [-0.2, -0.15) is 0 Å². The second-order valence-corrected chi connectivity index (χ2v) is 7.03. The molecule has 1 amide bonds. The smallest absolute Gasteiger partial charge is 0.246 e. The standard InChI is InChI=1S/C14H19ClN2O3S/c1-11(12-5-4-6-13(15)10-12)9-14(18)17(2)8-7-16-21(3,19)20/h4-6,9-10,16H,7-8H2,1-3H3/b11-9+. The van der Waals surface area contributed by atoms with Crippen LogP contribution in [0.4, 0.5) is 0 Å². The van der Waals surface area contributed by atoms with Crippen LogP contribution >= 0.6 is 11.6 Å². The minimum Gasteiger partial charge on any atom is -0.341 e. The lowest BCUT2D eigenvalue weighted by molar-refractivity contribution is -0.124. The monoisotopic (exact) mass is 330 g/mol. The number of nitrogens with zero attached hydrogens (tertiary/aromatic N) is 1. The highest BCUT2D eigenvalue weighted by atomic mass is 35.5. The van der Waals surface area contributed by atoms with Gasteiger partial charge in [-0.15, -0.1) is 0 Å². The molecule has 7 heteroatoms. The number of allylic oxidation sites excluding steroid dienone is 1. The fourth-order valence-electron chi connectivity index (χ4n) is 1.62. The second-order valence-electron chi connectivity index (χ2n) is 4.76. The maximum Gasteiger partial charge on any atom is 0.246 e. The highest BCUT2D eigenvalue weighted by Crippen LogP contribution is 2.18. The number of halogens is 1. The minimum atomic E-state index is -3.23. The van der Waals surface area contributed by atoms with Crippen molar-refractivity contribution < 1.29 is 13.2 Å². The van der Waals surface area contributed by atoms with E-state index in [1.807, 2.05) is 19.1 Å². The summed E-state index contributed by atoms with van der Waals surface area (Å²) in [4.78, 5) is 13.5. The van der Waals surface area contributed by atoms with E-state index in [1.165, 1.54) is 11.0 Å². The molecule has 1 rings (SSSR count). The van der Waals surface area contributed by atoms with Crippen LogP contribution in [0, 0.1) is 0 Å². The number of rotatable bonds is 6. The zero-order valence-corrected chi connectivity index (χ0v) is 13.8. The molecular formula is C14H19ClN2O3S. The molecule has 0 atom stereocenters. The molecule has 0 unspecified atom stereocenters. The molecule has 0 saturated carbocycles. The zero-order valence-electron chi connectivity index (χ0n) is 12.3. The lowest BCUT2D eigenvalue weighted by atomic mass is 10.1. The summed E-state index contributed by atoms with van der Waals surface area (Å²) in [7, 11) is -1.62. The van der Waals surface area contributed by atoms with Gasteiger partial charge in [-0.3, -0.25) is 4.79 Å². The van der Waals surface area contributed by atoms with Gasteiger partial charge in [0.2, 0.25) is 15.9 Å². The van der Waals surface area contributed by atoms with E-state index in [4.69, 9.17) is 11.6 Å². The molecule has 1 N–H and O–H groups in total. The Morgan fingerprint density at radius 3 is 2.67 bits per heavy atom. The summed E-state index contributed by atoms with van der Waals surface area (Å²) in [5.74, 6) is -0.192. The Kier molecular flexibility index (Phi) is 6.39. The highest BCUT2D eigenvalue weighted by Gasteiger charge is 2.08. The third kappa shape index (κ3) is 6.75. The maximum atomic E-state index is 12.0. The Hall–Kier alpha value is -1.37. The van der Waals surface area contributed by atoms with Crippen LogP contribution in [0.2, 0.25) is 5.02 Å². The third-order valence-electron chi connectivity index (χ3n) is 2.81. The predicted octanol–water partition coefficient (Wildman–Crippen LogP) is 1.75. The van der Waals surface area contributed by atoms with Crippen LogP contribution in [0.3, 0.4) is 0 Å². The fraction of sp³-hybridized carbons (Fsp3) is 0.357. The van der Waals surface area contributed by atoms with E-state index in [2.05, 4.69) is 4.72 Å². The van der Waals surface area contributed by atoms with Gasteiger partial charge in [0.05, 0.1) is 6.26 Å². The zero-order chi connectivity index (χ0) is 16.0. The molecule has 0 aromatic heterocycles. The number of carbonyl (C=O) groups is 1. The van der Waals surface area contributed by atoms with E-state index in [0.29, 0.717) is 11.6 Å². The lowest BCUT2D eigenvalue weighted by Crippen LogP contribution is -2.35. The SMILES string of the molecule is C/C(=C\C(=O)N(C)CCNS(C)(=O)=O)c1cccc(Cl)c1. The predicted molar refractivity (Wildman–Crippen MR) is 85.6 cm³/mol. The number of likely N-dealkylation sites (N-methyl/N-ethyl adjacent to an activating group) is 1. The Labute approximate surface area is 130 Å². The molecule has 0 aliphatic rings. The van der Waals surface area contributed by atoms with Crippen molar-refractivity contribution >= 4 is 33.1 Å². The number of carbonyl (C=O) groups excluding carboxylic acids is 1. The molecule has 21 heavy (non-hydrogen) atoms. The number of hydrogen-bond donors (Lipinski definition) is 1. The summed E-state index contributed by atoms with van der Waals surface area (Å²) < 4.78 is 24.2. The summed E-state index contributed by atoms with van der Waals surface area (Å²) >= 11 is 5.91. The summed E-state index contributed by atoms with van der Waals surface area (Å²) in [6.07, 6.45) is 2.59. The van der Waals surface area contributed by atoms with Crippen molar-refractivity contribution in [2.75, 3.05) is 26.4 Å². The van der Waals surface area contributed by atoms with Crippen LogP contribution in [0.25, 0.3) is 5.57 Å². The topological polar surface area (TPSA) is 66.5 Å². The van der Waals surface area contributed by atoms with Gasteiger partial charge in [0.1, 0.15) is 0 Å². The molecule has 1 aromatic carbocycles. The summed E-state index contributed by atoms with van der Waals surface area (Å²) in [6.45, 7) is 2.31. The molecular weight excluding hydrogens is 312 g/mol. The van der Waals surface area contributed by atoms with Gasteiger partial charge in [-0.1, -0.05) is 23.7 Å². The van der Waals surface area contributed by atoms with Gasteiger partial charge in [0, 0.05) is 31.2 Å². The number of hydrogen-bond acceptors (Lipinski definition) is 3. The normalized spacial score (nSPS) is 12.3. The third-order valence-corrected chi connectivity index (χ3v) is 3.77. The van der Waals surface area contributed by atoms with Gasteiger partial charge in [-0.25, -0.2) is 13.1 Å². The fourth-order valence-corrected chi connectivity index (χ4v) is 2.27. The van der Waals surface area contributed by atoms with Gasteiger partial charge in [0.15, 0.2) is 0 Å². The first kappa shape index (κ1) is 17.7. The number of benzene rings is 1. The van der Waals surface area contributed by atoms with Crippen molar-refractivity contribution in [1.82, 2.24) is 9.62 Å². The van der Waals surface area contributed by atoms with Crippen LogP contribution in [0.5, 0.6) is 0 Å². The van der Waals surface area contributed by atoms with Crippen LogP contribution in [-0.4, -0.2) is 45.6 Å². The molecule has 0 bridgehead atoms. The van der Waals surface area contributed by atoms with E-state index in [0.717, 1.165) is 17.4 Å². The summed E-state index contributed by atoms with van der Waals surface area (Å²) in [6, 6.07) is 7.24. The average molecular weight is 331 g/mol. The molecule has 0 aliphatic carbocycles. The molecule has 0 saturated heterocycles. The quantitative estimate of drug-likeness (QED) is 0.808. The van der Waals surface area contributed by atoms with Crippen molar-refractivity contribution in [2.45, 2.75) is 6.92 Å². The van der Waals surface area contributed by atoms with Crippen molar-refractivity contribution in [1.29, 1.82) is 0 Å². The Morgan fingerprint density at radius 2 is 2.10 bits per heavy atom. The molecule has 0 heterocycles. The maximum absolute atomic E-state index is 12.0. The Bertz CT molecular complexity index is 641. The number of sulfonamides is 1.